The highest BCUT2D eigenvalue weighted by molar-refractivity contribution is 7.46. The standard InChI is InChI=1S/C41H75O8P/c1-3-5-7-9-11-13-15-17-19-20-22-23-25-27-29-31-33-35-40(42)47-37-39(38-48-50(44,45)46)49-41(43)36-34-32-30-28-26-24-21-18-16-14-12-10-8-6-4-2/h17,19,30,32,34,36,39H,3-16,18,20-29,31,33,35,37-38H2,1-2H3,(H2,44,45,46)/b19-17+,32-30+,36-34+/t39-/m1/s1. The van der Waals surface area contributed by atoms with E-state index in [1.54, 1.807) is 12.2 Å². The first-order valence-electron chi connectivity index (χ1n) is 20.3. The molecule has 0 radical (unpaired) electrons. The Balaban J connectivity index is 4.02. The summed E-state index contributed by atoms with van der Waals surface area (Å²) >= 11 is 0. The lowest BCUT2D eigenvalue weighted by Crippen LogP contribution is -2.29. The van der Waals surface area contributed by atoms with Crippen molar-refractivity contribution in [1.82, 2.24) is 0 Å². The minimum Gasteiger partial charge on any atom is -0.462 e. The Morgan fingerprint density at radius 2 is 0.980 bits per heavy atom. The van der Waals surface area contributed by atoms with Gasteiger partial charge in [0.25, 0.3) is 0 Å². The van der Waals surface area contributed by atoms with Crippen LogP contribution in [0.15, 0.2) is 36.5 Å². The SMILES string of the molecule is CCCCCCCC/C=C/CCCCCCCCCC(=O)OC[C@H](COP(=O)(O)O)OC(=O)/C=C/C=C/CCCCCCCCCCCCC. The summed E-state index contributed by atoms with van der Waals surface area (Å²) in [6.07, 6.45) is 43.5. The van der Waals surface area contributed by atoms with Crippen LogP contribution < -0.4 is 0 Å². The van der Waals surface area contributed by atoms with Gasteiger partial charge < -0.3 is 19.3 Å². The van der Waals surface area contributed by atoms with Crippen molar-refractivity contribution in [3.8, 4) is 0 Å². The van der Waals surface area contributed by atoms with Crippen molar-refractivity contribution in [3.05, 3.63) is 36.5 Å². The summed E-state index contributed by atoms with van der Waals surface area (Å²) < 4.78 is 26.2. The van der Waals surface area contributed by atoms with E-state index in [-0.39, 0.29) is 13.0 Å². The van der Waals surface area contributed by atoms with Crippen molar-refractivity contribution in [3.63, 3.8) is 0 Å². The zero-order valence-corrected chi connectivity index (χ0v) is 32.9. The molecule has 50 heavy (non-hydrogen) atoms. The van der Waals surface area contributed by atoms with Gasteiger partial charge in [0.05, 0.1) is 6.61 Å². The summed E-state index contributed by atoms with van der Waals surface area (Å²) in [5.41, 5.74) is 0. The third-order valence-electron chi connectivity index (χ3n) is 8.74. The number of unbranched alkanes of at least 4 members (excludes halogenated alkanes) is 24. The van der Waals surface area contributed by atoms with Gasteiger partial charge in [-0.1, -0.05) is 173 Å². The van der Waals surface area contributed by atoms with Crippen molar-refractivity contribution < 1.29 is 37.9 Å². The second-order valence-electron chi connectivity index (χ2n) is 13.7. The van der Waals surface area contributed by atoms with Crippen molar-refractivity contribution in [2.45, 2.75) is 200 Å². The minimum absolute atomic E-state index is 0.243. The van der Waals surface area contributed by atoms with Gasteiger partial charge >= 0.3 is 19.8 Å². The molecule has 0 unspecified atom stereocenters. The predicted molar refractivity (Wildman–Crippen MR) is 207 cm³/mol. The van der Waals surface area contributed by atoms with E-state index in [0.29, 0.717) is 6.42 Å². The van der Waals surface area contributed by atoms with Gasteiger partial charge in [0, 0.05) is 12.5 Å². The predicted octanol–water partition coefficient (Wildman–Crippen LogP) is 12.2. The quantitative estimate of drug-likeness (QED) is 0.0162. The Morgan fingerprint density at radius 3 is 1.44 bits per heavy atom. The summed E-state index contributed by atoms with van der Waals surface area (Å²) in [5, 5.41) is 0. The minimum atomic E-state index is -4.78. The van der Waals surface area contributed by atoms with Crippen LogP contribution in [0.1, 0.15) is 194 Å². The Kier molecular flexibility index (Phi) is 35.8. The van der Waals surface area contributed by atoms with E-state index >= 15 is 0 Å². The number of hydrogen-bond acceptors (Lipinski definition) is 6. The molecule has 292 valence electrons. The molecule has 0 spiro atoms. The molecule has 0 aliphatic heterocycles. The molecule has 1 atom stereocenters. The maximum Gasteiger partial charge on any atom is 0.469 e. The molecule has 8 nitrogen and oxygen atoms in total. The summed E-state index contributed by atoms with van der Waals surface area (Å²) in [6.45, 7) is 3.58. The maximum absolute atomic E-state index is 12.3. The Morgan fingerprint density at radius 1 is 0.560 bits per heavy atom. The van der Waals surface area contributed by atoms with Gasteiger partial charge in [-0.3, -0.25) is 9.32 Å². The van der Waals surface area contributed by atoms with Gasteiger partial charge in [0.2, 0.25) is 0 Å². The number of allylic oxidation sites excluding steroid dienone is 5. The van der Waals surface area contributed by atoms with Crippen molar-refractivity contribution in [1.29, 1.82) is 0 Å². The number of esters is 2. The van der Waals surface area contributed by atoms with Crippen LogP contribution in [0.25, 0.3) is 0 Å². The van der Waals surface area contributed by atoms with E-state index in [4.69, 9.17) is 19.3 Å². The molecule has 0 fully saturated rings. The van der Waals surface area contributed by atoms with Crippen LogP contribution in [0, 0.1) is 0 Å². The first-order valence-corrected chi connectivity index (χ1v) is 21.9. The molecule has 0 aliphatic rings. The molecule has 0 aromatic rings. The molecular formula is C41H75O8P. The van der Waals surface area contributed by atoms with E-state index in [2.05, 4.69) is 30.5 Å². The lowest BCUT2D eigenvalue weighted by Gasteiger charge is -2.17. The third-order valence-corrected chi connectivity index (χ3v) is 9.22. The number of rotatable bonds is 37. The van der Waals surface area contributed by atoms with E-state index in [0.717, 1.165) is 38.5 Å². The third kappa shape index (κ3) is 39.1. The fraction of sp³-hybridized carbons (Fsp3) is 0.805. The second kappa shape index (κ2) is 37.0. The Hall–Kier alpha value is -1.73. The van der Waals surface area contributed by atoms with E-state index in [1.165, 1.54) is 134 Å². The molecule has 0 heterocycles. The first kappa shape index (κ1) is 48.3. The molecule has 2 N–H and O–H groups in total. The largest absolute Gasteiger partial charge is 0.469 e. The smallest absolute Gasteiger partial charge is 0.462 e. The first-order chi connectivity index (χ1) is 24.3. The molecule has 0 amide bonds. The fourth-order valence-electron chi connectivity index (χ4n) is 5.69. The topological polar surface area (TPSA) is 119 Å². The van der Waals surface area contributed by atoms with Crippen LogP contribution >= 0.6 is 7.82 Å². The van der Waals surface area contributed by atoms with Crippen LogP contribution in [0.4, 0.5) is 0 Å². The highest BCUT2D eigenvalue weighted by Gasteiger charge is 2.22. The van der Waals surface area contributed by atoms with Crippen LogP contribution in [-0.4, -0.2) is 41.0 Å². The molecule has 0 rings (SSSR count). The Labute approximate surface area is 306 Å². The van der Waals surface area contributed by atoms with Gasteiger partial charge in [-0.2, -0.15) is 0 Å². The van der Waals surface area contributed by atoms with Crippen molar-refractivity contribution >= 4 is 19.8 Å². The molecule has 0 saturated heterocycles. The number of carbonyl (C=O) groups excluding carboxylic acids is 2. The normalized spacial score (nSPS) is 12.8. The monoisotopic (exact) mass is 727 g/mol. The molecule has 0 aromatic heterocycles. The summed E-state index contributed by atoms with van der Waals surface area (Å²) in [5.74, 6) is -1.14. The van der Waals surface area contributed by atoms with Crippen LogP contribution in [-0.2, 0) is 28.2 Å². The van der Waals surface area contributed by atoms with Crippen LogP contribution in [0.5, 0.6) is 0 Å². The lowest BCUT2D eigenvalue weighted by molar-refractivity contribution is -0.157. The second-order valence-corrected chi connectivity index (χ2v) is 14.9. The number of hydrogen-bond donors (Lipinski definition) is 2. The summed E-state index contributed by atoms with van der Waals surface area (Å²) in [4.78, 5) is 42.6. The highest BCUT2D eigenvalue weighted by Crippen LogP contribution is 2.35. The summed E-state index contributed by atoms with van der Waals surface area (Å²) in [6, 6.07) is 0. The van der Waals surface area contributed by atoms with E-state index in [1.807, 2.05) is 6.08 Å². The maximum atomic E-state index is 12.3. The average Bonchev–Trinajstić information content (AvgIpc) is 3.08. The van der Waals surface area contributed by atoms with Crippen LogP contribution in [0.3, 0.4) is 0 Å². The molecule has 0 bridgehead atoms. The van der Waals surface area contributed by atoms with E-state index in [9.17, 15) is 14.2 Å². The zero-order valence-electron chi connectivity index (χ0n) is 32.0. The lowest BCUT2D eigenvalue weighted by atomic mass is 10.1. The number of ether oxygens (including phenoxy) is 2. The summed E-state index contributed by atoms with van der Waals surface area (Å²) in [7, 11) is -4.78. The zero-order chi connectivity index (χ0) is 36.8. The number of phosphoric ester groups is 1. The molecule has 0 saturated carbocycles. The van der Waals surface area contributed by atoms with Gasteiger partial charge in [0.15, 0.2) is 6.10 Å². The van der Waals surface area contributed by atoms with Crippen LogP contribution in [0.2, 0.25) is 0 Å². The highest BCUT2D eigenvalue weighted by atomic mass is 31.2. The van der Waals surface area contributed by atoms with Gasteiger partial charge in [-0.05, 0) is 44.9 Å². The van der Waals surface area contributed by atoms with Crippen molar-refractivity contribution in [2.24, 2.45) is 0 Å². The molecule has 0 aromatic carbocycles. The molecule has 9 heteroatoms. The fourth-order valence-corrected chi connectivity index (χ4v) is 6.05. The molecule has 0 aliphatic carbocycles. The average molecular weight is 727 g/mol. The molecular weight excluding hydrogens is 651 g/mol. The number of carbonyl (C=O) groups is 2. The number of phosphoric acid groups is 1. The van der Waals surface area contributed by atoms with E-state index < -0.39 is 32.5 Å². The van der Waals surface area contributed by atoms with Gasteiger partial charge in [-0.15, -0.1) is 0 Å². The van der Waals surface area contributed by atoms with Gasteiger partial charge in [0.1, 0.15) is 6.61 Å². The van der Waals surface area contributed by atoms with Gasteiger partial charge in [-0.25, -0.2) is 9.36 Å². The van der Waals surface area contributed by atoms with Crippen molar-refractivity contribution in [2.75, 3.05) is 13.2 Å². The Bertz CT molecular complexity index is 910.